The van der Waals surface area contributed by atoms with E-state index in [4.69, 9.17) is 5.73 Å². The summed E-state index contributed by atoms with van der Waals surface area (Å²) >= 11 is 1.70. The van der Waals surface area contributed by atoms with Gasteiger partial charge < -0.3 is 10.8 Å². The minimum atomic E-state index is -0.395. The smallest absolute Gasteiger partial charge is 0.0622 e. The first-order valence-electron chi connectivity index (χ1n) is 5.17. The third-order valence-corrected chi connectivity index (χ3v) is 4.13. The van der Waals surface area contributed by atoms with E-state index in [2.05, 4.69) is 4.98 Å². The number of aromatic nitrogens is 1. The molecule has 0 aromatic carbocycles. The highest BCUT2D eigenvalue weighted by Crippen LogP contribution is 2.40. The molecule has 15 heavy (non-hydrogen) atoms. The molecule has 1 unspecified atom stereocenters. The first kappa shape index (κ1) is 10.9. The van der Waals surface area contributed by atoms with Crippen molar-refractivity contribution in [1.29, 1.82) is 0 Å². The predicted octanol–water partition coefficient (Wildman–Crippen LogP) is 1.27. The van der Waals surface area contributed by atoms with Crippen molar-refractivity contribution in [2.24, 2.45) is 11.7 Å². The highest BCUT2D eigenvalue weighted by atomic mass is 32.2. The Balaban J connectivity index is 1.91. The summed E-state index contributed by atoms with van der Waals surface area (Å²) in [5.74, 6) is 1.29. The first-order chi connectivity index (χ1) is 7.24. The SMILES string of the molecule is NC(CO)(CSc1ccncc1)C1CC1. The lowest BCUT2D eigenvalue weighted by Gasteiger charge is -2.26. The lowest BCUT2D eigenvalue weighted by molar-refractivity contribution is 0.194. The van der Waals surface area contributed by atoms with E-state index in [0.29, 0.717) is 5.92 Å². The van der Waals surface area contributed by atoms with Crippen LogP contribution >= 0.6 is 11.8 Å². The maximum atomic E-state index is 9.32. The molecular weight excluding hydrogens is 208 g/mol. The van der Waals surface area contributed by atoms with E-state index in [0.717, 1.165) is 23.5 Å². The Morgan fingerprint density at radius 1 is 1.47 bits per heavy atom. The normalized spacial score (nSPS) is 19.9. The molecule has 0 radical (unpaired) electrons. The van der Waals surface area contributed by atoms with Crippen molar-refractivity contribution < 1.29 is 5.11 Å². The van der Waals surface area contributed by atoms with E-state index in [1.54, 1.807) is 24.2 Å². The van der Waals surface area contributed by atoms with Crippen LogP contribution in [0.4, 0.5) is 0 Å². The number of aliphatic hydroxyl groups excluding tert-OH is 1. The third-order valence-electron chi connectivity index (χ3n) is 2.84. The van der Waals surface area contributed by atoms with E-state index in [9.17, 15) is 5.11 Å². The number of aliphatic hydroxyl groups is 1. The van der Waals surface area contributed by atoms with Crippen LogP contribution in [-0.4, -0.2) is 28.0 Å². The lowest BCUT2D eigenvalue weighted by atomic mass is 9.99. The Hall–Kier alpha value is -0.580. The molecular formula is C11H16N2OS. The minimum absolute atomic E-state index is 0.0791. The first-order valence-corrected chi connectivity index (χ1v) is 6.16. The van der Waals surface area contributed by atoms with Crippen LogP contribution in [0.1, 0.15) is 12.8 Å². The van der Waals surface area contributed by atoms with Crippen LogP contribution in [-0.2, 0) is 0 Å². The van der Waals surface area contributed by atoms with Gasteiger partial charge in [-0.1, -0.05) is 0 Å². The molecule has 0 aliphatic heterocycles. The monoisotopic (exact) mass is 224 g/mol. The van der Waals surface area contributed by atoms with Gasteiger partial charge in [-0.2, -0.15) is 0 Å². The number of rotatable bonds is 5. The maximum absolute atomic E-state index is 9.32. The zero-order chi connectivity index (χ0) is 10.7. The van der Waals surface area contributed by atoms with Gasteiger partial charge in [-0.25, -0.2) is 0 Å². The summed E-state index contributed by atoms with van der Waals surface area (Å²) in [7, 11) is 0. The number of thioether (sulfide) groups is 1. The van der Waals surface area contributed by atoms with Crippen LogP contribution in [0.3, 0.4) is 0 Å². The summed E-state index contributed by atoms with van der Waals surface area (Å²) in [6, 6.07) is 3.94. The highest BCUT2D eigenvalue weighted by Gasteiger charge is 2.41. The molecule has 0 saturated heterocycles. The molecule has 0 bridgehead atoms. The molecule has 1 aromatic heterocycles. The molecule has 1 aromatic rings. The zero-order valence-electron chi connectivity index (χ0n) is 8.60. The standard InChI is InChI=1S/C11H16N2OS/c12-11(7-14,9-1-2-9)8-15-10-3-5-13-6-4-10/h3-6,9,14H,1-2,7-8,12H2. The largest absolute Gasteiger partial charge is 0.394 e. The molecule has 1 fully saturated rings. The van der Waals surface area contributed by atoms with Gasteiger partial charge in [-0.05, 0) is 30.9 Å². The molecule has 3 N–H and O–H groups in total. The summed E-state index contributed by atoms with van der Waals surface area (Å²) in [4.78, 5) is 5.12. The Morgan fingerprint density at radius 3 is 2.67 bits per heavy atom. The van der Waals surface area contributed by atoms with E-state index < -0.39 is 5.54 Å². The van der Waals surface area contributed by atoms with Crippen LogP contribution in [0.2, 0.25) is 0 Å². The molecule has 82 valence electrons. The van der Waals surface area contributed by atoms with Crippen LogP contribution in [0.25, 0.3) is 0 Å². The van der Waals surface area contributed by atoms with Crippen LogP contribution in [0.5, 0.6) is 0 Å². The molecule has 1 heterocycles. The number of hydrogen-bond donors (Lipinski definition) is 2. The molecule has 4 heteroatoms. The van der Waals surface area contributed by atoms with Crippen molar-refractivity contribution in [3.8, 4) is 0 Å². The molecule has 0 spiro atoms. The van der Waals surface area contributed by atoms with E-state index >= 15 is 0 Å². The van der Waals surface area contributed by atoms with Crippen molar-refractivity contribution in [3.05, 3.63) is 24.5 Å². The number of pyridine rings is 1. The Kier molecular flexibility index (Phi) is 3.29. The topological polar surface area (TPSA) is 59.1 Å². The molecule has 1 aliphatic rings. The molecule has 3 nitrogen and oxygen atoms in total. The second kappa shape index (κ2) is 4.51. The van der Waals surface area contributed by atoms with Gasteiger partial charge in [0, 0.05) is 23.0 Å². The fourth-order valence-corrected chi connectivity index (χ4v) is 2.68. The summed E-state index contributed by atoms with van der Waals surface area (Å²) in [5, 5.41) is 9.32. The van der Waals surface area contributed by atoms with Crippen LogP contribution in [0, 0.1) is 5.92 Å². The fraction of sp³-hybridized carbons (Fsp3) is 0.545. The summed E-state index contributed by atoms with van der Waals surface area (Å²) < 4.78 is 0. The van der Waals surface area contributed by atoms with Crippen molar-refractivity contribution in [1.82, 2.24) is 4.98 Å². The average Bonchev–Trinajstić information content (AvgIpc) is 3.11. The molecule has 0 amide bonds. The Bertz CT molecular complexity index is 316. The van der Waals surface area contributed by atoms with Gasteiger partial charge in [0.2, 0.25) is 0 Å². The highest BCUT2D eigenvalue weighted by molar-refractivity contribution is 7.99. The summed E-state index contributed by atoms with van der Waals surface area (Å²) in [5.41, 5.74) is 5.77. The van der Waals surface area contributed by atoms with Gasteiger partial charge in [0.05, 0.1) is 12.1 Å². The Morgan fingerprint density at radius 2 is 2.13 bits per heavy atom. The minimum Gasteiger partial charge on any atom is -0.394 e. The van der Waals surface area contributed by atoms with Crippen molar-refractivity contribution in [2.45, 2.75) is 23.3 Å². The van der Waals surface area contributed by atoms with E-state index in [1.807, 2.05) is 12.1 Å². The van der Waals surface area contributed by atoms with Gasteiger partial charge >= 0.3 is 0 Å². The maximum Gasteiger partial charge on any atom is 0.0622 e. The van der Waals surface area contributed by atoms with E-state index in [-0.39, 0.29) is 6.61 Å². The number of nitrogens with zero attached hydrogens (tertiary/aromatic N) is 1. The molecule has 1 aliphatic carbocycles. The lowest BCUT2D eigenvalue weighted by Crippen LogP contribution is -2.48. The predicted molar refractivity (Wildman–Crippen MR) is 61.7 cm³/mol. The summed E-state index contributed by atoms with van der Waals surface area (Å²) in [6.45, 7) is 0.0791. The van der Waals surface area contributed by atoms with Crippen LogP contribution in [0.15, 0.2) is 29.4 Å². The molecule has 1 saturated carbocycles. The van der Waals surface area contributed by atoms with Gasteiger partial charge in [-0.15, -0.1) is 11.8 Å². The van der Waals surface area contributed by atoms with Crippen LogP contribution < -0.4 is 5.73 Å². The third kappa shape index (κ3) is 2.71. The summed E-state index contributed by atoms with van der Waals surface area (Å²) in [6.07, 6.45) is 5.87. The van der Waals surface area contributed by atoms with Gasteiger partial charge in [0.25, 0.3) is 0 Å². The van der Waals surface area contributed by atoms with Crippen molar-refractivity contribution in [2.75, 3.05) is 12.4 Å². The average molecular weight is 224 g/mol. The Labute approximate surface area is 94.1 Å². The quantitative estimate of drug-likeness (QED) is 0.740. The van der Waals surface area contributed by atoms with Crippen molar-refractivity contribution >= 4 is 11.8 Å². The zero-order valence-corrected chi connectivity index (χ0v) is 9.41. The molecule has 1 atom stereocenters. The van der Waals surface area contributed by atoms with Gasteiger partial charge in [-0.3, -0.25) is 4.98 Å². The van der Waals surface area contributed by atoms with E-state index in [1.165, 1.54) is 0 Å². The second-order valence-electron chi connectivity index (χ2n) is 4.14. The second-order valence-corrected chi connectivity index (χ2v) is 5.19. The number of nitrogens with two attached hydrogens (primary N) is 1. The number of hydrogen-bond acceptors (Lipinski definition) is 4. The van der Waals surface area contributed by atoms with Gasteiger partial charge in [0.15, 0.2) is 0 Å². The van der Waals surface area contributed by atoms with Gasteiger partial charge in [0.1, 0.15) is 0 Å². The van der Waals surface area contributed by atoms with Crippen molar-refractivity contribution in [3.63, 3.8) is 0 Å². The fourth-order valence-electron chi connectivity index (χ4n) is 1.60. The molecule has 2 rings (SSSR count).